The van der Waals surface area contributed by atoms with Crippen molar-refractivity contribution in [2.75, 3.05) is 0 Å². The van der Waals surface area contributed by atoms with E-state index < -0.39 is 0 Å². The molecule has 0 fully saturated rings. The fourth-order valence-corrected chi connectivity index (χ4v) is 3.34. The molecule has 3 heterocycles. The molecule has 0 atom stereocenters. The summed E-state index contributed by atoms with van der Waals surface area (Å²) in [6.07, 6.45) is 7.79. The van der Waals surface area contributed by atoms with Crippen LogP contribution in [0, 0.1) is 0 Å². The van der Waals surface area contributed by atoms with E-state index in [0.717, 1.165) is 53.9 Å². The number of aromatic hydroxyl groups is 1. The number of hydrogen-bond donors (Lipinski definition) is 1. The Bertz CT molecular complexity index is 1030. The van der Waals surface area contributed by atoms with Gasteiger partial charge >= 0.3 is 0 Å². The van der Waals surface area contributed by atoms with Gasteiger partial charge < -0.3 is 5.11 Å². The minimum Gasteiger partial charge on any atom is -0.492 e. The smallest absolute Gasteiger partial charge is 0.254 e. The van der Waals surface area contributed by atoms with Crippen LogP contribution in [0.3, 0.4) is 0 Å². The third-order valence-corrected chi connectivity index (χ3v) is 4.57. The number of imidazole rings is 1. The quantitative estimate of drug-likeness (QED) is 0.748. The van der Waals surface area contributed by atoms with Crippen molar-refractivity contribution in [1.29, 1.82) is 0 Å². The number of aliphatic imine (C=N–C) groups is 1. The van der Waals surface area contributed by atoms with Crippen molar-refractivity contribution in [3.63, 3.8) is 0 Å². The van der Waals surface area contributed by atoms with Crippen LogP contribution in [0.2, 0.25) is 0 Å². The fraction of sp³-hybridized carbons (Fsp3) is 0.222. The third-order valence-electron chi connectivity index (χ3n) is 4.57. The minimum atomic E-state index is -0.0531. The van der Waals surface area contributed by atoms with E-state index in [1.54, 1.807) is 10.7 Å². The summed E-state index contributed by atoms with van der Waals surface area (Å²) >= 11 is 0. The van der Waals surface area contributed by atoms with Gasteiger partial charge in [-0.15, -0.1) is 0 Å². The summed E-state index contributed by atoms with van der Waals surface area (Å²) < 4.78 is 1.64. The molecule has 6 nitrogen and oxygen atoms in total. The molecule has 6 heteroatoms. The Morgan fingerprint density at radius 1 is 1.04 bits per heavy atom. The first-order valence-electron chi connectivity index (χ1n) is 8.12. The minimum absolute atomic E-state index is 0.0531. The number of aryl methyl sites for hydroxylation is 2. The van der Waals surface area contributed by atoms with Crippen LogP contribution in [-0.2, 0) is 12.8 Å². The number of fused-ring (bicyclic) bond motifs is 3. The predicted octanol–water partition coefficient (Wildman–Crippen LogP) is 2.97. The van der Waals surface area contributed by atoms with Gasteiger partial charge in [0.15, 0.2) is 0 Å². The number of allylic oxidation sites excluding steroid dienone is 1. The van der Waals surface area contributed by atoms with Gasteiger partial charge in [-0.25, -0.2) is 4.98 Å². The lowest BCUT2D eigenvalue weighted by atomic mass is 10.0. The van der Waals surface area contributed by atoms with E-state index in [9.17, 15) is 5.11 Å². The molecule has 3 aromatic rings. The lowest BCUT2D eigenvalue weighted by molar-refractivity contribution is 0.455. The van der Waals surface area contributed by atoms with Crippen molar-refractivity contribution < 1.29 is 5.11 Å². The highest BCUT2D eigenvalue weighted by Gasteiger charge is 2.20. The fourth-order valence-electron chi connectivity index (χ4n) is 3.34. The van der Waals surface area contributed by atoms with Crippen molar-refractivity contribution in [3.8, 4) is 5.88 Å². The molecular formula is C18H15N5O. The Kier molecular flexibility index (Phi) is 2.79. The van der Waals surface area contributed by atoms with Crippen molar-refractivity contribution in [2.45, 2.75) is 25.7 Å². The zero-order valence-corrected chi connectivity index (χ0v) is 13.0. The molecule has 0 unspecified atom stereocenters. The summed E-state index contributed by atoms with van der Waals surface area (Å²) in [6, 6.07) is 7.92. The Hall–Kier alpha value is -3.02. The molecule has 0 saturated carbocycles. The summed E-state index contributed by atoms with van der Waals surface area (Å²) in [4.78, 5) is 13.2. The average Bonchev–Trinajstić information content (AvgIpc) is 3.15. The molecule has 0 spiro atoms. The second kappa shape index (κ2) is 4.99. The van der Waals surface area contributed by atoms with Gasteiger partial charge in [0, 0.05) is 17.4 Å². The summed E-state index contributed by atoms with van der Waals surface area (Å²) in [5, 5.41) is 15.0. The first-order chi connectivity index (χ1) is 11.8. The van der Waals surface area contributed by atoms with Crippen molar-refractivity contribution in [3.05, 3.63) is 46.9 Å². The molecule has 24 heavy (non-hydrogen) atoms. The van der Waals surface area contributed by atoms with Gasteiger partial charge in [0.1, 0.15) is 5.69 Å². The zero-order valence-electron chi connectivity index (χ0n) is 13.0. The van der Waals surface area contributed by atoms with Crippen molar-refractivity contribution >= 4 is 29.3 Å². The molecule has 1 aliphatic heterocycles. The van der Waals surface area contributed by atoms with E-state index in [1.165, 1.54) is 0 Å². The van der Waals surface area contributed by atoms with E-state index in [1.807, 2.05) is 30.3 Å². The van der Waals surface area contributed by atoms with Crippen molar-refractivity contribution in [1.82, 2.24) is 19.6 Å². The highest BCUT2D eigenvalue weighted by atomic mass is 16.3. The molecule has 2 aliphatic rings. The van der Waals surface area contributed by atoms with E-state index in [0.29, 0.717) is 11.5 Å². The van der Waals surface area contributed by atoms with E-state index in [2.05, 4.69) is 20.1 Å². The average molecular weight is 317 g/mol. The van der Waals surface area contributed by atoms with Crippen LogP contribution in [-0.4, -0.2) is 30.9 Å². The zero-order chi connectivity index (χ0) is 16.1. The van der Waals surface area contributed by atoms with E-state index in [4.69, 9.17) is 0 Å². The molecule has 0 radical (unpaired) electrons. The Morgan fingerprint density at radius 2 is 1.88 bits per heavy atom. The number of hydrogen-bond acceptors (Lipinski definition) is 5. The van der Waals surface area contributed by atoms with Gasteiger partial charge in [0.25, 0.3) is 5.78 Å². The van der Waals surface area contributed by atoms with Gasteiger partial charge in [-0.2, -0.15) is 14.6 Å². The number of para-hydroxylation sites is 1. The molecule has 0 bridgehead atoms. The SMILES string of the molecule is Oc1nc2nc3c(nn2c1C=C1C=Nc2ccccc21)CCCC3. The van der Waals surface area contributed by atoms with Gasteiger partial charge in [-0.3, -0.25) is 4.99 Å². The summed E-state index contributed by atoms with van der Waals surface area (Å²) in [5.74, 6) is 0.394. The van der Waals surface area contributed by atoms with Crippen LogP contribution >= 0.6 is 0 Å². The monoisotopic (exact) mass is 317 g/mol. The van der Waals surface area contributed by atoms with E-state index >= 15 is 0 Å². The van der Waals surface area contributed by atoms with Crippen LogP contribution < -0.4 is 0 Å². The number of aromatic nitrogens is 4. The van der Waals surface area contributed by atoms with E-state index in [-0.39, 0.29) is 5.88 Å². The highest BCUT2D eigenvalue weighted by Crippen LogP contribution is 2.33. The first kappa shape index (κ1) is 13.4. The summed E-state index contributed by atoms with van der Waals surface area (Å²) in [7, 11) is 0. The molecule has 1 aliphatic carbocycles. The normalized spacial score (nSPS) is 17.4. The summed E-state index contributed by atoms with van der Waals surface area (Å²) in [5.41, 5.74) is 5.46. The lowest BCUT2D eigenvalue weighted by Gasteiger charge is -2.13. The van der Waals surface area contributed by atoms with Crippen LogP contribution in [0.1, 0.15) is 35.5 Å². The highest BCUT2D eigenvalue weighted by molar-refractivity contribution is 6.21. The maximum Gasteiger partial charge on any atom is 0.254 e. The first-order valence-corrected chi connectivity index (χ1v) is 8.12. The van der Waals surface area contributed by atoms with Gasteiger partial charge in [-0.1, -0.05) is 18.2 Å². The van der Waals surface area contributed by atoms with Crippen molar-refractivity contribution in [2.24, 2.45) is 4.99 Å². The second-order valence-electron chi connectivity index (χ2n) is 6.12. The third kappa shape index (κ3) is 1.96. The van der Waals surface area contributed by atoms with Gasteiger partial charge in [0.05, 0.1) is 17.1 Å². The number of benzene rings is 1. The topological polar surface area (TPSA) is 75.7 Å². The maximum atomic E-state index is 10.3. The Morgan fingerprint density at radius 3 is 2.79 bits per heavy atom. The molecule has 1 aromatic carbocycles. The molecule has 5 rings (SSSR count). The van der Waals surface area contributed by atoms with Crippen LogP contribution in [0.15, 0.2) is 29.3 Å². The van der Waals surface area contributed by atoms with Crippen LogP contribution in [0.25, 0.3) is 17.4 Å². The number of nitrogens with zero attached hydrogens (tertiary/aromatic N) is 5. The molecule has 0 amide bonds. The molecule has 1 N–H and O–H groups in total. The van der Waals surface area contributed by atoms with Crippen LogP contribution in [0.5, 0.6) is 5.88 Å². The standard InChI is InChI=1S/C18H15N5O/c24-17-16(9-11-10-19-13-6-2-1-5-12(11)13)23-18(21-17)20-14-7-3-4-8-15(14)22-23/h1-2,5-6,9-10,24H,3-4,7-8H2. The second-order valence-corrected chi connectivity index (χ2v) is 6.12. The number of rotatable bonds is 1. The van der Waals surface area contributed by atoms with Gasteiger partial charge in [0.2, 0.25) is 5.88 Å². The summed E-state index contributed by atoms with van der Waals surface area (Å²) in [6.45, 7) is 0. The predicted molar refractivity (Wildman–Crippen MR) is 91.6 cm³/mol. The van der Waals surface area contributed by atoms with Crippen LogP contribution in [0.4, 0.5) is 5.69 Å². The largest absolute Gasteiger partial charge is 0.492 e. The molecule has 0 saturated heterocycles. The molecule has 2 aromatic heterocycles. The Balaban J connectivity index is 1.69. The maximum absolute atomic E-state index is 10.3. The lowest BCUT2D eigenvalue weighted by Crippen LogP contribution is -2.12. The molecular weight excluding hydrogens is 302 g/mol. The van der Waals surface area contributed by atoms with Gasteiger partial charge in [-0.05, 0) is 37.8 Å². The Labute approximate surface area is 138 Å². The molecule has 118 valence electrons.